The Morgan fingerprint density at radius 2 is 2.47 bits per heavy atom. The van der Waals surface area contributed by atoms with Crippen LogP contribution in [0.4, 0.5) is 0 Å². The molecule has 15 heavy (non-hydrogen) atoms. The molecule has 3 radical (unpaired) electrons. The number of aryl methyl sites for hydroxylation is 1. The fourth-order valence-electron chi connectivity index (χ4n) is 2.09. The third-order valence-corrected chi connectivity index (χ3v) is 2.91. The molecule has 0 spiro atoms. The molecule has 1 atom stereocenters. The van der Waals surface area contributed by atoms with Crippen molar-refractivity contribution in [2.24, 2.45) is 0 Å². The fourth-order valence-corrected chi connectivity index (χ4v) is 2.09. The Balaban J connectivity index is 0.00000112. The van der Waals surface area contributed by atoms with Crippen molar-refractivity contribution in [3.05, 3.63) is 24.2 Å². The Morgan fingerprint density at radius 1 is 1.60 bits per heavy atom. The summed E-state index contributed by atoms with van der Waals surface area (Å²) >= 11 is 0. The summed E-state index contributed by atoms with van der Waals surface area (Å²) in [4.78, 5) is 1.98. The maximum absolute atomic E-state index is 5.84. The average Bonchev–Trinajstić information content (AvgIpc) is 2.78. The molecule has 1 fully saturated rings. The van der Waals surface area contributed by atoms with Crippen LogP contribution in [0.3, 0.4) is 0 Å². The van der Waals surface area contributed by atoms with E-state index < -0.39 is 0 Å². The summed E-state index contributed by atoms with van der Waals surface area (Å²) in [5.74, 6) is 1.03. The van der Waals surface area contributed by atoms with Gasteiger partial charge in [0.1, 0.15) is 0 Å². The van der Waals surface area contributed by atoms with Crippen LogP contribution in [0.15, 0.2) is 16.5 Å². The van der Waals surface area contributed by atoms with Crippen LogP contribution < -0.4 is 0 Å². The van der Waals surface area contributed by atoms with E-state index in [1.165, 1.54) is 19.3 Å². The number of hydrogen-bond donors (Lipinski definition) is 0. The predicted molar refractivity (Wildman–Crippen MR) is 56.0 cm³/mol. The maximum atomic E-state index is 5.84. The van der Waals surface area contributed by atoms with Gasteiger partial charge in [0.05, 0.1) is 0 Å². The van der Waals surface area contributed by atoms with E-state index in [2.05, 4.69) is 6.26 Å². The van der Waals surface area contributed by atoms with Gasteiger partial charge < -0.3 is 9.23 Å². The molecule has 1 saturated heterocycles. The molecule has 1 unspecified atom stereocenters. The molecule has 0 bridgehead atoms. The van der Waals surface area contributed by atoms with E-state index in [0.29, 0.717) is 6.04 Å². The van der Waals surface area contributed by atoms with E-state index in [9.17, 15) is 0 Å². The topological polar surface area (TPSA) is 16.4 Å². The quantitative estimate of drug-likeness (QED) is 0.617. The molecule has 2 nitrogen and oxygen atoms in total. The first kappa shape index (κ1) is 13.5. The van der Waals surface area contributed by atoms with Crippen LogP contribution in [0.25, 0.3) is 0 Å². The largest absolute Gasteiger partial charge is 0.596 e. The fraction of sp³-hybridized carbons (Fsp3) is 0.636. The molecule has 0 N–H and O–H groups in total. The van der Waals surface area contributed by atoms with Gasteiger partial charge in [0.25, 0.3) is 0 Å². The second kappa shape index (κ2) is 6.88. The molecule has 0 aromatic carbocycles. The van der Waals surface area contributed by atoms with Gasteiger partial charge >= 0.3 is 0 Å². The summed E-state index contributed by atoms with van der Waals surface area (Å²) in [7, 11) is 5.84. The molecule has 4 heteroatoms. The number of hydrogen-bond acceptors (Lipinski definition) is 2. The van der Waals surface area contributed by atoms with Gasteiger partial charge in [-0.05, 0) is 38.1 Å². The zero-order chi connectivity index (χ0) is 9.80. The van der Waals surface area contributed by atoms with E-state index >= 15 is 0 Å². The minimum atomic E-state index is 0. The van der Waals surface area contributed by atoms with Gasteiger partial charge in [-0.2, -0.15) is 6.07 Å². The summed E-state index contributed by atoms with van der Waals surface area (Å²) < 4.78 is 5.16. The molecule has 2 heterocycles. The number of nitrogens with zero attached hydrogens (tertiary/aromatic N) is 1. The Kier molecular flexibility index (Phi) is 6.18. The van der Waals surface area contributed by atoms with Crippen molar-refractivity contribution in [1.82, 2.24) is 4.81 Å². The van der Waals surface area contributed by atoms with Gasteiger partial charge in [0.15, 0.2) is 7.98 Å². The third kappa shape index (κ3) is 4.05. The smallest absolute Gasteiger partial charge is 0.182 e. The van der Waals surface area contributed by atoms with Crippen molar-refractivity contribution in [1.29, 1.82) is 0 Å². The van der Waals surface area contributed by atoms with E-state index in [1.807, 2.05) is 16.9 Å². The van der Waals surface area contributed by atoms with Crippen LogP contribution in [0.1, 0.15) is 31.4 Å². The zero-order valence-electron chi connectivity index (χ0n) is 8.98. The minimum absolute atomic E-state index is 0. The van der Waals surface area contributed by atoms with Gasteiger partial charge in [-0.15, -0.1) is 6.07 Å². The molecule has 1 aromatic rings. The van der Waals surface area contributed by atoms with Gasteiger partial charge in [-0.1, -0.05) is 18.6 Å². The Hall–Kier alpha value is 0.409. The first-order valence-electron chi connectivity index (χ1n) is 5.32. The van der Waals surface area contributed by atoms with Crippen LogP contribution in [0, 0.1) is 6.26 Å². The number of furan rings is 1. The molecule has 77 valence electrons. The van der Waals surface area contributed by atoms with Crippen LogP contribution in [0.2, 0.25) is 0 Å². The van der Waals surface area contributed by atoms with Crippen LogP contribution in [-0.4, -0.2) is 25.4 Å². The summed E-state index contributed by atoms with van der Waals surface area (Å²) in [6.07, 6.45) is 8.54. The molecule has 1 aliphatic rings. The van der Waals surface area contributed by atoms with Crippen molar-refractivity contribution in [2.75, 3.05) is 6.54 Å². The van der Waals surface area contributed by atoms with Crippen molar-refractivity contribution in [2.45, 2.75) is 38.1 Å². The molecule has 0 aliphatic carbocycles. The molecule has 0 amide bonds. The maximum Gasteiger partial charge on any atom is 0.182 e. The Morgan fingerprint density at radius 3 is 3.07 bits per heavy atom. The molecule has 1 aromatic heterocycles. The third-order valence-electron chi connectivity index (χ3n) is 2.91. The molecular formula is C11H15BNOY-. The van der Waals surface area contributed by atoms with Crippen LogP contribution >= 0.6 is 0 Å². The van der Waals surface area contributed by atoms with E-state index in [-0.39, 0.29) is 32.7 Å². The first-order valence-corrected chi connectivity index (χ1v) is 5.32. The molecule has 0 saturated carbocycles. The predicted octanol–water partition coefficient (Wildman–Crippen LogP) is 1.95. The normalized spacial score (nSPS) is 21.5. The summed E-state index contributed by atoms with van der Waals surface area (Å²) in [5.41, 5.74) is 0. The van der Waals surface area contributed by atoms with Gasteiger partial charge in [0.2, 0.25) is 0 Å². The molecular weight excluding hydrogens is 262 g/mol. The first-order chi connectivity index (χ1) is 6.86. The SMILES string of the molecule is [B]N1CCCC1CCCc1cc[c-]o1.[Y]. The van der Waals surface area contributed by atoms with Crippen molar-refractivity contribution in [3.8, 4) is 0 Å². The van der Waals surface area contributed by atoms with Crippen molar-refractivity contribution in [3.63, 3.8) is 0 Å². The minimum Gasteiger partial charge on any atom is -0.596 e. The summed E-state index contributed by atoms with van der Waals surface area (Å²) in [6.45, 7) is 1.05. The Labute approximate surface area is 118 Å². The molecule has 2 rings (SSSR count). The van der Waals surface area contributed by atoms with Crippen molar-refractivity contribution >= 4 is 7.98 Å². The average molecular weight is 277 g/mol. The van der Waals surface area contributed by atoms with Crippen LogP contribution in [0.5, 0.6) is 0 Å². The van der Waals surface area contributed by atoms with E-state index in [4.69, 9.17) is 12.4 Å². The van der Waals surface area contributed by atoms with Gasteiger partial charge in [-0.3, -0.25) is 0 Å². The summed E-state index contributed by atoms with van der Waals surface area (Å²) in [6, 6.07) is 4.39. The van der Waals surface area contributed by atoms with Gasteiger partial charge in [0, 0.05) is 32.7 Å². The van der Waals surface area contributed by atoms with Crippen LogP contribution in [-0.2, 0) is 39.1 Å². The van der Waals surface area contributed by atoms with E-state index in [0.717, 1.165) is 25.1 Å². The second-order valence-electron chi connectivity index (χ2n) is 3.95. The monoisotopic (exact) mass is 277 g/mol. The molecule has 1 aliphatic heterocycles. The standard InChI is InChI=1S/C11H15BNO.Y/c12-13-8-2-5-10(13)4-1-6-11-7-3-9-14-11;/h3,7,10H,1-2,4-6,8H2;/q-1;. The zero-order valence-corrected chi connectivity index (χ0v) is 11.8. The second-order valence-corrected chi connectivity index (χ2v) is 3.95. The summed E-state index contributed by atoms with van der Waals surface area (Å²) in [5, 5.41) is 0. The Bertz CT molecular complexity index is 266. The van der Waals surface area contributed by atoms with E-state index in [1.54, 1.807) is 0 Å². The number of rotatable bonds is 4. The van der Waals surface area contributed by atoms with Crippen molar-refractivity contribution < 1.29 is 37.1 Å². The van der Waals surface area contributed by atoms with Gasteiger partial charge in [-0.25, -0.2) is 0 Å².